The highest BCUT2D eigenvalue weighted by Gasteiger charge is 2.19. The Morgan fingerprint density at radius 1 is 1.03 bits per heavy atom. The third kappa shape index (κ3) is 5.53. The number of unbranched alkanes of at least 4 members (excludes halogenated alkanes) is 2. The lowest BCUT2D eigenvalue weighted by atomic mass is 10.0. The first-order chi connectivity index (χ1) is 16.7. The highest BCUT2D eigenvalue weighted by atomic mass is 16.5. The summed E-state index contributed by atoms with van der Waals surface area (Å²) in [4.78, 5) is 9.62. The summed E-state index contributed by atoms with van der Waals surface area (Å²) in [6.07, 6.45) is 7.87. The number of hydrogen-bond acceptors (Lipinski definition) is 7. The van der Waals surface area contributed by atoms with E-state index in [1.807, 2.05) is 41.2 Å². The van der Waals surface area contributed by atoms with Gasteiger partial charge in [-0.1, -0.05) is 63.4 Å². The van der Waals surface area contributed by atoms with E-state index in [9.17, 15) is 0 Å². The summed E-state index contributed by atoms with van der Waals surface area (Å²) in [5.41, 5.74) is 3.83. The van der Waals surface area contributed by atoms with Gasteiger partial charge in [0.15, 0.2) is 11.6 Å². The first-order valence-electron chi connectivity index (χ1n) is 12.0. The Morgan fingerprint density at radius 2 is 1.88 bits per heavy atom. The first kappa shape index (κ1) is 23.7. The Hall–Kier alpha value is -3.46. The minimum absolute atomic E-state index is 0.0706. The van der Waals surface area contributed by atoms with Crippen molar-refractivity contribution in [2.45, 2.75) is 65.0 Å². The number of rotatable bonds is 12. The number of benzene rings is 1. The van der Waals surface area contributed by atoms with Crippen LogP contribution in [0.25, 0.3) is 22.6 Å². The molecule has 0 spiro atoms. The molecule has 3 aromatic heterocycles. The van der Waals surface area contributed by atoms with Crippen LogP contribution in [-0.4, -0.2) is 47.5 Å². The summed E-state index contributed by atoms with van der Waals surface area (Å²) in [7, 11) is 1.73. The van der Waals surface area contributed by atoms with Crippen molar-refractivity contribution in [2.75, 3.05) is 7.11 Å². The SMILES string of the molecule is CCCCCn1nc(C(CCC)OC)nc1Cc1ccc(-c2ccccc2-c2nnn[nH]2)nc1. The molecule has 0 aliphatic rings. The molecule has 1 aromatic carbocycles. The number of aromatic nitrogens is 8. The molecule has 4 rings (SSSR count). The molecule has 4 aromatic rings. The molecule has 1 N–H and O–H groups in total. The van der Waals surface area contributed by atoms with Gasteiger partial charge in [0.2, 0.25) is 0 Å². The van der Waals surface area contributed by atoms with Gasteiger partial charge >= 0.3 is 0 Å². The summed E-state index contributed by atoms with van der Waals surface area (Å²) < 4.78 is 7.71. The van der Waals surface area contributed by atoms with E-state index < -0.39 is 0 Å². The maximum Gasteiger partial charge on any atom is 0.180 e. The van der Waals surface area contributed by atoms with Gasteiger partial charge in [-0.2, -0.15) is 5.10 Å². The zero-order chi connectivity index (χ0) is 23.8. The number of tetrazole rings is 1. The van der Waals surface area contributed by atoms with Crippen LogP contribution in [0.15, 0.2) is 42.6 Å². The number of methoxy groups -OCH3 is 1. The molecule has 34 heavy (non-hydrogen) atoms. The third-order valence-corrected chi connectivity index (χ3v) is 5.85. The Morgan fingerprint density at radius 3 is 2.56 bits per heavy atom. The Labute approximate surface area is 200 Å². The lowest BCUT2D eigenvalue weighted by Crippen LogP contribution is -2.07. The maximum atomic E-state index is 5.66. The van der Waals surface area contributed by atoms with Gasteiger partial charge in [-0.15, -0.1) is 5.10 Å². The zero-order valence-corrected chi connectivity index (χ0v) is 20.1. The number of aryl methyl sites for hydroxylation is 1. The fourth-order valence-corrected chi connectivity index (χ4v) is 4.02. The molecule has 9 nitrogen and oxygen atoms in total. The molecule has 0 aliphatic carbocycles. The van der Waals surface area contributed by atoms with E-state index in [0.29, 0.717) is 12.2 Å². The molecule has 178 valence electrons. The highest BCUT2D eigenvalue weighted by molar-refractivity contribution is 5.78. The first-order valence-corrected chi connectivity index (χ1v) is 12.0. The fourth-order valence-electron chi connectivity index (χ4n) is 4.02. The Kier molecular flexibility index (Phi) is 8.08. The summed E-state index contributed by atoms with van der Waals surface area (Å²) >= 11 is 0. The number of H-pyrrole nitrogens is 1. The van der Waals surface area contributed by atoms with E-state index in [0.717, 1.165) is 59.8 Å². The van der Waals surface area contributed by atoms with Crippen molar-refractivity contribution in [3.8, 4) is 22.6 Å². The monoisotopic (exact) mass is 460 g/mol. The molecule has 0 fully saturated rings. The van der Waals surface area contributed by atoms with Crippen LogP contribution in [0.4, 0.5) is 0 Å². The second kappa shape index (κ2) is 11.6. The molecule has 0 aliphatic heterocycles. The van der Waals surface area contributed by atoms with Crippen molar-refractivity contribution >= 4 is 0 Å². The Bertz CT molecular complexity index is 1150. The van der Waals surface area contributed by atoms with E-state index >= 15 is 0 Å². The van der Waals surface area contributed by atoms with Gasteiger partial charge in [0.05, 0.1) is 5.69 Å². The van der Waals surface area contributed by atoms with Crippen LogP contribution in [0.1, 0.15) is 69.3 Å². The van der Waals surface area contributed by atoms with Crippen LogP contribution >= 0.6 is 0 Å². The highest BCUT2D eigenvalue weighted by Crippen LogP contribution is 2.28. The number of hydrogen-bond donors (Lipinski definition) is 1. The average molecular weight is 461 g/mol. The molecular formula is C25H32N8O. The van der Waals surface area contributed by atoms with Crippen molar-refractivity contribution in [1.82, 2.24) is 40.4 Å². The van der Waals surface area contributed by atoms with E-state index in [2.05, 4.69) is 40.5 Å². The van der Waals surface area contributed by atoms with E-state index in [1.54, 1.807) is 7.11 Å². The van der Waals surface area contributed by atoms with Crippen LogP contribution in [0.2, 0.25) is 0 Å². The zero-order valence-electron chi connectivity index (χ0n) is 20.1. The summed E-state index contributed by atoms with van der Waals surface area (Å²) in [5, 5.41) is 19.1. The van der Waals surface area contributed by atoms with Gasteiger partial charge in [0.25, 0.3) is 0 Å². The molecular weight excluding hydrogens is 428 g/mol. The maximum absolute atomic E-state index is 5.66. The van der Waals surface area contributed by atoms with Gasteiger partial charge in [-0.3, -0.25) is 4.98 Å². The molecule has 0 saturated heterocycles. The molecule has 0 radical (unpaired) electrons. The second-order valence-electron chi connectivity index (χ2n) is 8.35. The molecule has 1 atom stereocenters. The molecule has 9 heteroatoms. The normalized spacial score (nSPS) is 12.2. The van der Waals surface area contributed by atoms with Crippen LogP contribution in [0, 0.1) is 0 Å². The van der Waals surface area contributed by atoms with Crippen LogP contribution in [-0.2, 0) is 17.7 Å². The smallest absolute Gasteiger partial charge is 0.180 e. The van der Waals surface area contributed by atoms with Gasteiger partial charge in [-0.25, -0.2) is 14.8 Å². The van der Waals surface area contributed by atoms with Crippen molar-refractivity contribution in [3.05, 3.63) is 59.8 Å². The van der Waals surface area contributed by atoms with Crippen LogP contribution in [0.3, 0.4) is 0 Å². The number of nitrogens with one attached hydrogen (secondary N) is 1. The lowest BCUT2D eigenvalue weighted by Gasteiger charge is -2.09. The number of pyridine rings is 1. The van der Waals surface area contributed by atoms with Crippen molar-refractivity contribution in [1.29, 1.82) is 0 Å². The van der Waals surface area contributed by atoms with Crippen molar-refractivity contribution in [2.24, 2.45) is 0 Å². The number of aromatic amines is 1. The summed E-state index contributed by atoms with van der Waals surface area (Å²) in [5.74, 6) is 2.34. The molecule has 0 saturated carbocycles. The second-order valence-corrected chi connectivity index (χ2v) is 8.35. The fraction of sp³-hybridized carbons (Fsp3) is 0.440. The predicted molar refractivity (Wildman–Crippen MR) is 130 cm³/mol. The summed E-state index contributed by atoms with van der Waals surface area (Å²) in [6, 6.07) is 12.1. The molecule has 0 amide bonds. The van der Waals surface area contributed by atoms with Crippen molar-refractivity contribution < 1.29 is 4.74 Å². The minimum Gasteiger partial charge on any atom is -0.373 e. The predicted octanol–water partition coefficient (Wildman–Crippen LogP) is 4.79. The van der Waals surface area contributed by atoms with E-state index in [4.69, 9.17) is 19.8 Å². The summed E-state index contributed by atoms with van der Waals surface area (Å²) in [6.45, 7) is 5.22. The molecule has 1 unspecified atom stereocenters. The Balaban J connectivity index is 1.57. The van der Waals surface area contributed by atoms with Gasteiger partial charge < -0.3 is 4.74 Å². The van der Waals surface area contributed by atoms with Crippen LogP contribution < -0.4 is 0 Å². The van der Waals surface area contributed by atoms with E-state index in [-0.39, 0.29) is 6.10 Å². The van der Waals surface area contributed by atoms with Crippen molar-refractivity contribution in [3.63, 3.8) is 0 Å². The molecule has 0 bridgehead atoms. The quantitative estimate of drug-likeness (QED) is 0.303. The third-order valence-electron chi connectivity index (χ3n) is 5.85. The van der Waals surface area contributed by atoms with Crippen LogP contribution in [0.5, 0.6) is 0 Å². The van der Waals surface area contributed by atoms with Gasteiger partial charge in [0.1, 0.15) is 11.9 Å². The average Bonchev–Trinajstić information content (AvgIpc) is 3.54. The van der Waals surface area contributed by atoms with Gasteiger partial charge in [0, 0.05) is 37.4 Å². The molecule has 3 heterocycles. The lowest BCUT2D eigenvalue weighted by molar-refractivity contribution is 0.0874. The minimum atomic E-state index is -0.0706. The topological polar surface area (TPSA) is 107 Å². The largest absolute Gasteiger partial charge is 0.373 e. The standard InChI is InChI=1S/C25H32N8O/c1-4-6-9-15-33-23(27-25(30-33)22(34-3)10-5-2)16-18-13-14-21(26-17-18)19-11-7-8-12-20(19)24-28-31-32-29-24/h7-8,11-14,17,22H,4-6,9-10,15-16H2,1-3H3,(H,28,29,31,32). The number of nitrogens with zero attached hydrogens (tertiary/aromatic N) is 7. The number of ether oxygens (including phenoxy) is 1. The van der Waals surface area contributed by atoms with E-state index in [1.165, 1.54) is 12.8 Å². The van der Waals surface area contributed by atoms with Gasteiger partial charge in [-0.05, 0) is 34.9 Å².